The highest BCUT2D eigenvalue weighted by molar-refractivity contribution is 5.97. The minimum absolute atomic E-state index is 0.567. The number of rotatable bonds is 8. The predicted molar refractivity (Wildman–Crippen MR) is 139 cm³/mol. The van der Waals surface area contributed by atoms with Crippen molar-refractivity contribution in [2.24, 2.45) is 0 Å². The van der Waals surface area contributed by atoms with Crippen LogP contribution in [0.1, 0.15) is 43.0 Å². The van der Waals surface area contributed by atoms with Crippen LogP contribution in [-0.4, -0.2) is 26.8 Å². The average molecular weight is 449 g/mol. The molecule has 4 nitrogen and oxygen atoms in total. The highest BCUT2D eigenvalue weighted by atomic mass is 16.5. The molecular weight excluding hydrogens is 424 g/mol. The third-order valence-electron chi connectivity index (χ3n) is 5.66. The molecule has 0 amide bonds. The number of fused-ring (bicyclic) bond motifs is 1. The van der Waals surface area contributed by atoms with Crippen molar-refractivity contribution in [3.63, 3.8) is 0 Å². The van der Waals surface area contributed by atoms with E-state index in [-0.39, 0.29) is 0 Å². The number of benzene rings is 4. The zero-order valence-corrected chi connectivity index (χ0v) is 19.0. The Bertz CT molecular complexity index is 1410. The van der Waals surface area contributed by atoms with Gasteiger partial charge in [0.25, 0.3) is 0 Å². The number of hydrogen-bond donors (Lipinski definition) is 0. The van der Waals surface area contributed by atoms with Crippen LogP contribution in [0.4, 0.5) is 0 Å². The zero-order valence-electron chi connectivity index (χ0n) is 19.0. The Morgan fingerprint density at radius 3 is 1.71 bits per heavy atom. The van der Waals surface area contributed by atoms with Gasteiger partial charge in [0.15, 0.2) is 0 Å². The lowest BCUT2D eigenvalue weighted by Crippen LogP contribution is -1.90. The number of hydrogen-bond acceptors (Lipinski definition) is 4. The molecular formula is C30H24O4. The number of methoxy groups -OCH3 is 2. The lowest BCUT2D eigenvalue weighted by molar-refractivity contribution is 0.111. The van der Waals surface area contributed by atoms with Crippen molar-refractivity contribution in [1.82, 2.24) is 0 Å². The zero-order chi connectivity index (χ0) is 23.9. The largest absolute Gasteiger partial charge is 0.496 e. The van der Waals surface area contributed by atoms with Gasteiger partial charge >= 0.3 is 0 Å². The summed E-state index contributed by atoms with van der Waals surface area (Å²) in [5.74, 6) is 1.27. The molecule has 4 heteroatoms. The monoisotopic (exact) mass is 448 g/mol. The second-order valence-electron chi connectivity index (χ2n) is 7.69. The van der Waals surface area contributed by atoms with Gasteiger partial charge in [0.2, 0.25) is 0 Å². The van der Waals surface area contributed by atoms with Crippen molar-refractivity contribution in [1.29, 1.82) is 0 Å². The number of carbonyl (C=O) groups excluding carboxylic acids is 2. The lowest BCUT2D eigenvalue weighted by Gasteiger charge is -2.09. The molecule has 0 aliphatic carbocycles. The van der Waals surface area contributed by atoms with Crippen molar-refractivity contribution in [2.75, 3.05) is 14.2 Å². The third-order valence-corrected chi connectivity index (χ3v) is 5.66. The van der Waals surface area contributed by atoms with E-state index in [1.54, 1.807) is 38.5 Å². The fourth-order valence-electron chi connectivity index (χ4n) is 3.87. The van der Waals surface area contributed by atoms with E-state index in [1.165, 1.54) is 0 Å². The maximum absolute atomic E-state index is 11.1. The second kappa shape index (κ2) is 10.5. The van der Waals surface area contributed by atoms with Crippen LogP contribution in [0.25, 0.3) is 35.1 Å². The van der Waals surface area contributed by atoms with Gasteiger partial charge in [-0.25, -0.2) is 0 Å². The Balaban J connectivity index is 1.79. The fourth-order valence-corrected chi connectivity index (χ4v) is 3.87. The molecule has 4 aromatic carbocycles. The molecule has 4 rings (SSSR count). The Labute approximate surface area is 198 Å². The summed E-state index contributed by atoms with van der Waals surface area (Å²) in [7, 11) is 3.19. The first-order valence-corrected chi connectivity index (χ1v) is 10.8. The molecule has 0 aromatic heterocycles. The van der Waals surface area contributed by atoms with Gasteiger partial charge in [-0.1, -0.05) is 85.0 Å². The van der Waals surface area contributed by atoms with Crippen molar-refractivity contribution in [2.45, 2.75) is 0 Å². The second-order valence-corrected chi connectivity index (χ2v) is 7.69. The van der Waals surface area contributed by atoms with E-state index in [0.29, 0.717) is 22.6 Å². The highest BCUT2D eigenvalue weighted by Crippen LogP contribution is 2.29. The average Bonchev–Trinajstić information content (AvgIpc) is 2.90. The van der Waals surface area contributed by atoms with Crippen LogP contribution in [0.3, 0.4) is 0 Å². The molecule has 0 heterocycles. The van der Waals surface area contributed by atoms with Crippen molar-refractivity contribution in [3.05, 3.63) is 106 Å². The molecule has 0 fully saturated rings. The minimum atomic E-state index is 0.567. The summed E-state index contributed by atoms with van der Waals surface area (Å²) in [6, 6.07) is 23.1. The first kappa shape index (κ1) is 22.7. The quantitative estimate of drug-likeness (QED) is 0.219. The molecule has 0 atom stereocenters. The van der Waals surface area contributed by atoms with Crippen LogP contribution in [0, 0.1) is 0 Å². The van der Waals surface area contributed by atoms with Gasteiger partial charge in [0, 0.05) is 22.3 Å². The molecule has 0 spiro atoms. The standard InChI is InChI=1S/C30H24O4/c1-33-29-17-21(19-31)7-9-25(29)14-13-24-12-11-23-5-3-4-6-27(23)28(24)16-15-26-10-8-22(20-32)18-30(26)34-2/h3-20H,1-2H3/b14-13-,16-15-. The van der Waals surface area contributed by atoms with Crippen molar-refractivity contribution in [3.8, 4) is 11.5 Å². The van der Waals surface area contributed by atoms with Crippen LogP contribution in [0.2, 0.25) is 0 Å². The summed E-state index contributed by atoms with van der Waals surface area (Å²) < 4.78 is 10.9. The Morgan fingerprint density at radius 1 is 0.588 bits per heavy atom. The molecule has 0 saturated carbocycles. The first-order valence-electron chi connectivity index (χ1n) is 10.8. The van der Waals surface area contributed by atoms with Gasteiger partial charge in [0.05, 0.1) is 14.2 Å². The molecule has 0 N–H and O–H groups in total. The summed E-state index contributed by atoms with van der Waals surface area (Å²) in [5.41, 5.74) is 4.97. The molecule has 0 unspecified atom stereocenters. The number of ether oxygens (including phenoxy) is 2. The predicted octanol–water partition coefficient (Wildman–Crippen LogP) is 6.82. The van der Waals surface area contributed by atoms with Gasteiger partial charge < -0.3 is 9.47 Å². The van der Waals surface area contributed by atoms with Crippen LogP contribution >= 0.6 is 0 Å². The summed E-state index contributed by atoms with van der Waals surface area (Å²) in [4.78, 5) is 22.2. The highest BCUT2D eigenvalue weighted by Gasteiger charge is 2.07. The molecule has 0 bridgehead atoms. The molecule has 0 aliphatic heterocycles. The molecule has 168 valence electrons. The minimum Gasteiger partial charge on any atom is -0.496 e. The van der Waals surface area contributed by atoms with E-state index in [0.717, 1.165) is 45.6 Å². The van der Waals surface area contributed by atoms with Gasteiger partial charge in [-0.15, -0.1) is 0 Å². The summed E-state index contributed by atoms with van der Waals surface area (Å²) in [6.45, 7) is 0. The summed E-state index contributed by atoms with van der Waals surface area (Å²) in [5, 5.41) is 2.25. The van der Waals surface area contributed by atoms with Gasteiger partial charge in [0.1, 0.15) is 24.1 Å². The van der Waals surface area contributed by atoms with E-state index in [4.69, 9.17) is 9.47 Å². The van der Waals surface area contributed by atoms with Gasteiger partial charge in [-0.05, 0) is 34.0 Å². The molecule has 0 saturated heterocycles. The normalized spacial score (nSPS) is 11.2. The van der Waals surface area contributed by atoms with Crippen LogP contribution < -0.4 is 9.47 Å². The maximum atomic E-state index is 11.1. The SMILES string of the molecule is COc1cc(C=O)ccc1/C=C\c1ccc2ccccc2c1/C=C\c1ccc(C=O)cc1OC. The van der Waals surface area contributed by atoms with Crippen molar-refractivity contribution >= 4 is 47.6 Å². The van der Waals surface area contributed by atoms with E-state index in [9.17, 15) is 9.59 Å². The van der Waals surface area contributed by atoms with Crippen LogP contribution in [0.5, 0.6) is 11.5 Å². The van der Waals surface area contributed by atoms with E-state index < -0.39 is 0 Å². The van der Waals surface area contributed by atoms with E-state index >= 15 is 0 Å². The van der Waals surface area contributed by atoms with Crippen LogP contribution in [0.15, 0.2) is 72.8 Å². The molecule has 4 aromatic rings. The molecule has 34 heavy (non-hydrogen) atoms. The van der Waals surface area contributed by atoms with Gasteiger partial charge in [-0.2, -0.15) is 0 Å². The van der Waals surface area contributed by atoms with Crippen molar-refractivity contribution < 1.29 is 19.1 Å². The van der Waals surface area contributed by atoms with Gasteiger partial charge in [-0.3, -0.25) is 9.59 Å². The fraction of sp³-hybridized carbons (Fsp3) is 0.0667. The van der Waals surface area contributed by atoms with E-state index in [2.05, 4.69) is 30.3 Å². The number of aldehydes is 2. The van der Waals surface area contributed by atoms with Crippen LogP contribution in [-0.2, 0) is 0 Å². The summed E-state index contributed by atoms with van der Waals surface area (Å²) >= 11 is 0. The lowest BCUT2D eigenvalue weighted by atomic mass is 9.96. The maximum Gasteiger partial charge on any atom is 0.150 e. The third kappa shape index (κ3) is 4.81. The topological polar surface area (TPSA) is 52.6 Å². The Hall–Kier alpha value is -4.44. The smallest absolute Gasteiger partial charge is 0.150 e. The number of carbonyl (C=O) groups is 2. The molecule has 0 radical (unpaired) electrons. The molecule has 0 aliphatic rings. The van der Waals surface area contributed by atoms with E-state index in [1.807, 2.05) is 42.5 Å². The Kier molecular flexibility index (Phi) is 6.99. The Morgan fingerprint density at radius 2 is 1.12 bits per heavy atom. The first-order chi connectivity index (χ1) is 16.7. The summed E-state index contributed by atoms with van der Waals surface area (Å²) in [6.07, 6.45) is 9.68.